The van der Waals surface area contributed by atoms with Gasteiger partial charge >= 0.3 is 5.97 Å². The molecule has 2 aromatic rings. The molecule has 0 radical (unpaired) electrons. The number of piperazine rings is 1. The fraction of sp³-hybridized carbons (Fsp3) is 0.381. The van der Waals surface area contributed by atoms with Gasteiger partial charge in [0.15, 0.2) is 0 Å². The van der Waals surface area contributed by atoms with E-state index in [1.165, 1.54) is 11.1 Å². The maximum atomic E-state index is 11.7. The Morgan fingerprint density at radius 2 is 1.62 bits per heavy atom. The van der Waals surface area contributed by atoms with Crippen LogP contribution in [0.1, 0.15) is 24.1 Å². The zero-order chi connectivity index (χ0) is 18.4. The lowest BCUT2D eigenvalue weighted by Gasteiger charge is -2.39. The molecule has 0 aromatic heterocycles. The average Bonchev–Trinajstić information content (AvgIpc) is 2.66. The molecule has 0 N–H and O–H groups in total. The highest BCUT2D eigenvalue weighted by molar-refractivity contribution is 6.30. The summed E-state index contributed by atoms with van der Waals surface area (Å²) in [7, 11) is 0. The Balaban J connectivity index is 1.73. The van der Waals surface area contributed by atoms with Crippen LogP contribution < -0.4 is 0 Å². The minimum absolute atomic E-state index is 0.140. The van der Waals surface area contributed by atoms with Gasteiger partial charge < -0.3 is 4.74 Å². The number of carbonyl (C=O) groups excluding carboxylic acids is 1. The molecule has 3 rings (SSSR count). The molecular weight excluding hydrogens is 348 g/mol. The first-order valence-corrected chi connectivity index (χ1v) is 9.47. The summed E-state index contributed by atoms with van der Waals surface area (Å²) in [6.45, 7) is 6.17. The molecule has 2 aromatic carbocycles. The second kappa shape index (κ2) is 9.17. The molecule has 0 amide bonds. The highest BCUT2D eigenvalue weighted by Gasteiger charge is 2.27. The number of rotatable bonds is 6. The predicted octanol–water partition coefficient (Wildman–Crippen LogP) is 3.61. The third-order valence-corrected chi connectivity index (χ3v) is 4.98. The van der Waals surface area contributed by atoms with Crippen molar-refractivity contribution in [1.82, 2.24) is 9.80 Å². The predicted molar refractivity (Wildman–Crippen MR) is 104 cm³/mol. The van der Waals surface area contributed by atoms with Crippen LogP contribution in [0, 0.1) is 0 Å². The molecular formula is C21H25ClN2O2. The van der Waals surface area contributed by atoms with E-state index >= 15 is 0 Å². The highest BCUT2D eigenvalue weighted by atomic mass is 35.5. The summed E-state index contributed by atoms with van der Waals surface area (Å²) < 4.78 is 5.06. The van der Waals surface area contributed by atoms with E-state index in [0.717, 1.165) is 31.2 Å². The lowest BCUT2D eigenvalue weighted by Crippen LogP contribution is -2.49. The number of ether oxygens (including phenoxy) is 1. The van der Waals surface area contributed by atoms with Crippen LogP contribution in [0.2, 0.25) is 5.02 Å². The summed E-state index contributed by atoms with van der Waals surface area (Å²) in [6, 6.07) is 18.8. The molecule has 4 nitrogen and oxygen atoms in total. The van der Waals surface area contributed by atoms with E-state index in [4.69, 9.17) is 16.3 Å². The van der Waals surface area contributed by atoms with Gasteiger partial charge in [-0.25, -0.2) is 0 Å². The minimum Gasteiger partial charge on any atom is -0.465 e. The lowest BCUT2D eigenvalue weighted by atomic mass is 9.96. The summed E-state index contributed by atoms with van der Waals surface area (Å²) in [5, 5.41) is 0.750. The van der Waals surface area contributed by atoms with Crippen LogP contribution in [-0.2, 0) is 9.53 Å². The van der Waals surface area contributed by atoms with Crippen molar-refractivity contribution < 1.29 is 9.53 Å². The summed E-state index contributed by atoms with van der Waals surface area (Å²) in [5.74, 6) is -0.140. The van der Waals surface area contributed by atoms with E-state index in [1.807, 2.05) is 25.1 Å². The molecule has 0 saturated carbocycles. The molecule has 0 spiro atoms. The van der Waals surface area contributed by atoms with Gasteiger partial charge in [-0.3, -0.25) is 14.6 Å². The van der Waals surface area contributed by atoms with Gasteiger partial charge in [-0.15, -0.1) is 0 Å². The monoisotopic (exact) mass is 372 g/mol. The number of esters is 1. The van der Waals surface area contributed by atoms with Gasteiger partial charge in [0.25, 0.3) is 0 Å². The molecule has 26 heavy (non-hydrogen) atoms. The Morgan fingerprint density at radius 1 is 1.00 bits per heavy atom. The van der Waals surface area contributed by atoms with Crippen molar-refractivity contribution in [2.45, 2.75) is 13.0 Å². The number of hydrogen-bond donors (Lipinski definition) is 0. The van der Waals surface area contributed by atoms with Gasteiger partial charge in [0.2, 0.25) is 0 Å². The Bertz CT molecular complexity index is 698. The van der Waals surface area contributed by atoms with Crippen LogP contribution in [-0.4, -0.2) is 55.1 Å². The summed E-state index contributed by atoms with van der Waals surface area (Å²) >= 11 is 6.08. The van der Waals surface area contributed by atoms with Crippen molar-refractivity contribution in [3.8, 4) is 0 Å². The molecule has 1 fully saturated rings. The molecule has 1 heterocycles. The molecule has 1 aliphatic heterocycles. The van der Waals surface area contributed by atoms with E-state index in [2.05, 4.69) is 46.2 Å². The quantitative estimate of drug-likeness (QED) is 0.725. The van der Waals surface area contributed by atoms with Crippen LogP contribution in [0.5, 0.6) is 0 Å². The zero-order valence-electron chi connectivity index (χ0n) is 15.1. The first-order chi connectivity index (χ1) is 12.7. The second-order valence-corrected chi connectivity index (χ2v) is 6.92. The summed E-state index contributed by atoms with van der Waals surface area (Å²) in [6.07, 6.45) is 0. The molecule has 1 aliphatic rings. The van der Waals surface area contributed by atoms with Gasteiger partial charge in [-0.1, -0.05) is 54.1 Å². The number of halogens is 1. The minimum atomic E-state index is -0.140. The van der Waals surface area contributed by atoms with E-state index < -0.39 is 0 Å². The van der Waals surface area contributed by atoms with Crippen molar-refractivity contribution in [3.63, 3.8) is 0 Å². The lowest BCUT2D eigenvalue weighted by molar-refractivity contribution is -0.144. The topological polar surface area (TPSA) is 32.8 Å². The smallest absolute Gasteiger partial charge is 0.320 e. The van der Waals surface area contributed by atoms with Gasteiger partial charge in [0.05, 0.1) is 19.2 Å². The van der Waals surface area contributed by atoms with Gasteiger partial charge in [-0.05, 0) is 30.2 Å². The molecule has 1 atom stereocenters. The molecule has 0 bridgehead atoms. The number of carbonyl (C=O) groups is 1. The number of nitrogens with zero attached hydrogens (tertiary/aromatic N) is 2. The van der Waals surface area contributed by atoms with Crippen LogP contribution in [0.25, 0.3) is 0 Å². The normalized spacial score (nSPS) is 17.0. The van der Waals surface area contributed by atoms with Gasteiger partial charge in [0, 0.05) is 31.2 Å². The van der Waals surface area contributed by atoms with Crippen LogP contribution in [0.3, 0.4) is 0 Å². The fourth-order valence-electron chi connectivity index (χ4n) is 3.46. The van der Waals surface area contributed by atoms with Gasteiger partial charge in [-0.2, -0.15) is 0 Å². The largest absolute Gasteiger partial charge is 0.465 e. The van der Waals surface area contributed by atoms with Crippen molar-refractivity contribution in [2.24, 2.45) is 0 Å². The van der Waals surface area contributed by atoms with Crippen LogP contribution in [0.15, 0.2) is 54.6 Å². The third kappa shape index (κ3) is 4.85. The summed E-state index contributed by atoms with van der Waals surface area (Å²) in [5.41, 5.74) is 2.51. The third-order valence-electron chi connectivity index (χ3n) is 4.73. The average molecular weight is 373 g/mol. The van der Waals surface area contributed by atoms with E-state index in [-0.39, 0.29) is 12.0 Å². The number of benzene rings is 2. The number of hydrogen-bond acceptors (Lipinski definition) is 4. The second-order valence-electron chi connectivity index (χ2n) is 6.48. The Hall–Kier alpha value is -1.88. The van der Waals surface area contributed by atoms with E-state index in [1.54, 1.807) is 0 Å². The maximum Gasteiger partial charge on any atom is 0.320 e. The van der Waals surface area contributed by atoms with Crippen molar-refractivity contribution >= 4 is 17.6 Å². The van der Waals surface area contributed by atoms with Gasteiger partial charge in [0.1, 0.15) is 0 Å². The van der Waals surface area contributed by atoms with Crippen molar-refractivity contribution in [1.29, 1.82) is 0 Å². The highest BCUT2D eigenvalue weighted by Crippen LogP contribution is 2.30. The molecule has 5 heteroatoms. The molecule has 1 saturated heterocycles. The Kier molecular flexibility index (Phi) is 6.67. The van der Waals surface area contributed by atoms with Crippen molar-refractivity contribution in [3.05, 3.63) is 70.7 Å². The first kappa shape index (κ1) is 18.9. The van der Waals surface area contributed by atoms with E-state index in [9.17, 15) is 4.79 Å². The maximum absolute atomic E-state index is 11.7. The standard InChI is InChI=1S/C21H25ClN2O2/c1-2-26-20(25)16-23-12-14-24(15-13-23)21(17-6-4-3-5-7-17)18-8-10-19(22)11-9-18/h3-11,21H,2,12-16H2,1H3. The SMILES string of the molecule is CCOC(=O)CN1CCN(C(c2ccccc2)c2ccc(Cl)cc2)CC1. The fourth-order valence-corrected chi connectivity index (χ4v) is 3.59. The molecule has 1 unspecified atom stereocenters. The molecule has 138 valence electrons. The Morgan fingerprint density at radius 3 is 2.23 bits per heavy atom. The summed E-state index contributed by atoms with van der Waals surface area (Å²) in [4.78, 5) is 16.3. The van der Waals surface area contributed by atoms with Crippen LogP contribution >= 0.6 is 11.6 Å². The zero-order valence-corrected chi connectivity index (χ0v) is 15.9. The Labute approximate surface area is 160 Å². The molecule has 0 aliphatic carbocycles. The van der Waals surface area contributed by atoms with E-state index in [0.29, 0.717) is 13.2 Å². The van der Waals surface area contributed by atoms with Crippen LogP contribution in [0.4, 0.5) is 0 Å². The first-order valence-electron chi connectivity index (χ1n) is 9.10. The van der Waals surface area contributed by atoms with Crippen molar-refractivity contribution in [2.75, 3.05) is 39.3 Å².